The van der Waals surface area contributed by atoms with E-state index in [9.17, 15) is 18.7 Å². The number of aliphatic hydroxyl groups excluding tert-OH is 1. The molecule has 2 aromatic rings. The van der Waals surface area contributed by atoms with Crippen LogP contribution in [-0.4, -0.2) is 30.7 Å². The summed E-state index contributed by atoms with van der Waals surface area (Å²) in [5, 5.41) is 13.6. The zero-order chi connectivity index (χ0) is 19.1. The van der Waals surface area contributed by atoms with Gasteiger partial charge in [0.1, 0.15) is 11.6 Å². The number of nitrogens with one attached hydrogen (secondary N) is 1. The number of nitrogens with zero attached hydrogens (tertiary/aromatic N) is 1. The fourth-order valence-corrected chi connectivity index (χ4v) is 3.60. The molecule has 1 amide bonds. The lowest BCUT2D eigenvalue weighted by Crippen LogP contribution is -2.45. The average Bonchev–Trinajstić information content (AvgIpc) is 2.78. The number of hydrogen-bond acceptors (Lipinski definition) is 3. The molecule has 0 saturated heterocycles. The Labute approximate surface area is 163 Å². The second-order valence-electron chi connectivity index (χ2n) is 7.06. The number of likely N-dealkylation sites (N-methyl/N-ethyl adjacent to an activating group) is 1. The van der Waals surface area contributed by atoms with Crippen molar-refractivity contribution in [3.8, 4) is 0 Å². The van der Waals surface area contributed by atoms with Crippen molar-refractivity contribution in [1.82, 2.24) is 5.32 Å². The highest BCUT2D eigenvalue weighted by Gasteiger charge is 2.49. The van der Waals surface area contributed by atoms with Crippen LogP contribution in [0.3, 0.4) is 0 Å². The largest absolute Gasteiger partial charge is 0.389 e. The number of carbonyl (C=O) groups excluding carboxylic acids is 1. The smallest absolute Gasteiger partial charge is 0.237 e. The van der Waals surface area contributed by atoms with Crippen molar-refractivity contribution in [2.45, 2.75) is 31.4 Å². The summed E-state index contributed by atoms with van der Waals surface area (Å²) in [5.74, 6) is -1.36. The van der Waals surface area contributed by atoms with Crippen LogP contribution in [0.2, 0.25) is 0 Å². The Morgan fingerprint density at radius 3 is 2.48 bits per heavy atom. The van der Waals surface area contributed by atoms with Crippen LogP contribution in [-0.2, 0) is 10.2 Å². The Morgan fingerprint density at radius 2 is 1.85 bits per heavy atom. The molecule has 1 aliphatic rings. The summed E-state index contributed by atoms with van der Waals surface area (Å²) in [7, 11) is 1.66. The number of aliphatic hydroxyl groups is 1. The predicted octanol–water partition coefficient (Wildman–Crippen LogP) is 3.33. The third-order valence-electron chi connectivity index (χ3n) is 4.90. The van der Waals surface area contributed by atoms with Crippen LogP contribution in [0, 0.1) is 11.6 Å². The summed E-state index contributed by atoms with van der Waals surface area (Å²) >= 11 is 0. The molecule has 0 bridgehead atoms. The van der Waals surface area contributed by atoms with Gasteiger partial charge in [0.25, 0.3) is 0 Å². The van der Waals surface area contributed by atoms with Crippen molar-refractivity contribution in [3.05, 3.63) is 65.2 Å². The minimum atomic E-state index is -1.05. The summed E-state index contributed by atoms with van der Waals surface area (Å²) < 4.78 is 28.5. The van der Waals surface area contributed by atoms with Gasteiger partial charge in [-0.15, -0.1) is 12.4 Å². The molecule has 1 aliphatic heterocycles. The SMILES string of the molecule is CNC[C@@H](O)[C@H](c1cccc(F)c1)N1C(=O)C(C)(C)c2cccc(F)c21.Cl. The molecule has 4 nitrogen and oxygen atoms in total. The molecule has 1 heterocycles. The molecule has 2 atom stereocenters. The molecule has 0 fully saturated rings. The first-order chi connectivity index (χ1) is 12.3. The molecule has 0 aromatic heterocycles. The fraction of sp³-hybridized carbons (Fsp3) is 0.350. The molecule has 146 valence electrons. The van der Waals surface area contributed by atoms with Crippen molar-refractivity contribution < 1.29 is 18.7 Å². The Morgan fingerprint density at radius 1 is 1.19 bits per heavy atom. The van der Waals surface area contributed by atoms with E-state index >= 15 is 0 Å². The third-order valence-corrected chi connectivity index (χ3v) is 4.90. The quantitative estimate of drug-likeness (QED) is 0.815. The van der Waals surface area contributed by atoms with Crippen molar-refractivity contribution in [3.63, 3.8) is 0 Å². The number of anilines is 1. The van der Waals surface area contributed by atoms with Crippen LogP contribution in [0.4, 0.5) is 14.5 Å². The van der Waals surface area contributed by atoms with E-state index in [0.717, 1.165) is 0 Å². The standard InChI is InChI=1S/C20H22F2N2O2.ClH/c1-20(2)14-8-5-9-15(22)18(14)24(19(20)26)17(16(25)11-23-3)12-6-4-7-13(21)10-12;/h4-10,16-17,23,25H,11H2,1-3H3;1H/t16-,17+;/m1./s1. The second-order valence-corrected chi connectivity index (χ2v) is 7.06. The van der Waals surface area contributed by atoms with Crippen LogP contribution in [0.15, 0.2) is 42.5 Å². The van der Waals surface area contributed by atoms with E-state index in [1.807, 2.05) is 0 Å². The number of rotatable bonds is 5. The van der Waals surface area contributed by atoms with E-state index in [1.54, 1.807) is 39.1 Å². The molecule has 3 rings (SSSR count). The molecular weight excluding hydrogens is 374 g/mol. The first-order valence-electron chi connectivity index (χ1n) is 8.49. The van der Waals surface area contributed by atoms with Crippen molar-refractivity contribution >= 4 is 24.0 Å². The summed E-state index contributed by atoms with van der Waals surface area (Å²) in [5.41, 5.74) is 0.169. The van der Waals surface area contributed by atoms with Gasteiger partial charge in [0, 0.05) is 6.54 Å². The van der Waals surface area contributed by atoms with E-state index in [0.29, 0.717) is 11.1 Å². The minimum Gasteiger partial charge on any atom is -0.389 e. The van der Waals surface area contributed by atoms with Gasteiger partial charge in [-0.05, 0) is 50.2 Å². The van der Waals surface area contributed by atoms with Crippen LogP contribution in [0.5, 0.6) is 0 Å². The number of benzene rings is 2. The Kier molecular flexibility index (Phi) is 6.24. The number of halogens is 3. The molecule has 0 radical (unpaired) electrons. The van der Waals surface area contributed by atoms with Gasteiger partial charge in [0.15, 0.2) is 0 Å². The van der Waals surface area contributed by atoms with Crippen molar-refractivity contribution in [1.29, 1.82) is 0 Å². The Hall–Kier alpha value is -2.02. The minimum absolute atomic E-state index is 0. The third kappa shape index (κ3) is 3.57. The van der Waals surface area contributed by atoms with E-state index in [1.165, 1.54) is 29.2 Å². The monoisotopic (exact) mass is 396 g/mol. The van der Waals surface area contributed by atoms with Crippen LogP contribution >= 0.6 is 12.4 Å². The van der Waals surface area contributed by atoms with Crippen molar-refractivity contribution in [2.75, 3.05) is 18.5 Å². The van der Waals surface area contributed by atoms with Gasteiger partial charge in [0.05, 0.1) is 23.2 Å². The first kappa shape index (κ1) is 21.3. The van der Waals surface area contributed by atoms with Crippen LogP contribution < -0.4 is 10.2 Å². The van der Waals surface area contributed by atoms with E-state index < -0.39 is 29.2 Å². The van der Waals surface area contributed by atoms with Gasteiger partial charge in [-0.3, -0.25) is 9.69 Å². The van der Waals surface area contributed by atoms with Gasteiger partial charge in [0.2, 0.25) is 5.91 Å². The highest BCUT2D eigenvalue weighted by atomic mass is 35.5. The van der Waals surface area contributed by atoms with Gasteiger partial charge in [-0.25, -0.2) is 8.78 Å². The predicted molar refractivity (Wildman–Crippen MR) is 103 cm³/mol. The molecule has 0 aliphatic carbocycles. The van der Waals surface area contributed by atoms with Gasteiger partial charge >= 0.3 is 0 Å². The molecule has 2 aromatic carbocycles. The lowest BCUT2D eigenvalue weighted by molar-refractivity contribution is -0.123. The Bertz CT molecular complexity index is 844. The molecule has 0 saturated carbocycles. The first-order valence-corrected chi connectivity index (χ1v) is 8.49. The highest BCUT2D eigenvalue weighted by molar-refractivity contribution is 6.08. The number of para-hydroxylation sites is 1. The van der Waals surface area contributed by atoms with Gasteiger partial charge in [-0.1, -0.05) is 24.3 Å². The fourth-order valence-electron chi connectivity index (χ4n) is 3.60. The molecule has 7 heteroatoms. The molecular formula is C20H23ClF2N2O2. The molecule has 27 heavy (non-hydrogen) atoms. The maximum Gasteiger partial charge on any atom is 0.237 e. The molecule has 0 spiro atoms. The van der Waals surface area contributed by atoms with Crippen LogP contribution in [0.1, 0.15) is 31.0 Å². The van der Waals surface area contributed by atoms with E-state index in [4.69, 9.17) is 0 Å². The number of fused-ring (bicyclic) bond motifs is 1. The lowest BCUT2D eigenvalue weighted by atomic mass is 9.86. The summed E-state index contributed by atoms with van der Waals surface area (Å²) in [6.07, 6.45) is -1.05. The highest BCUT2D eigenvalue weighted by Crippen LogP contribution is 2.47. The topological polar surface area (TPSA) is 52.6 Å². The number of hydrogen-bond donors (Lipinski definition) is 2. The summed E-state index contributed by atoms with van der Waals surface area (Å²) in [6, 6.07) is 9.34. The number of amides is 1. The zero-order valence-corrected chi connectivity index (χ0v) is 16.2. The van der Waals surface area contributed by atoms with E-state index in [2.05, 4.69) is 5.32 Å². The lowest BCUT2D eigenvalue weighted by Gasteiger charge is -2.34. The summed E-state index contributed by atoms with van der Waals surface area (Å²) in [4.78, 5) is 14.5. The maximum atomic E-state index is 14.7. The number of carbonyl (C=O) groups is 1. The Balaban J connectivity index is 0.00000261. The average molecular weight is 397 g/mol. The van der Waals surface area contributed by atoms with E-state index in [-0.39, 0.29) is 30.5 Å². The maximum absolute atomic E-state index is 14.7. The summed E-state index contributed by atoms with van der Waals surface area (Å²) in [6.45, 7) is 3.61. The van der Waals surface area contributed by atoms with Crippen molar-refractivity contribution in [2.24, 2.45) is 0 Å². The molecule has 2 N–H and O–H groups in total. The zero-order valence-electron chi connectivity index (χ0n) is 15.4. The van der Waals surface area contributed by atoms with Crippen LogP contribution in [0.25, 0.3) is 0 Å². The molecule has 0 unspecified atom stereocenters. The van der Waals surface area contributed by atoms with Gasteiger partial charge < -0.3 is 10.4 Å². The normalized spacial score (nSPS) is 17.3. The van der Waals surface area contributed by atoms with Gasteiger partial charge in [-0.2, -0.15) is 0 Å². The second kappa shape index (κ2) is 7.92.